The fourth-order valence-electron chi connectivity index (χ4n) is 2.94. The number of rotatable bonds is 5. The van der Waals surface area contributed by atoms with Gasteiger partial charge >= 0.3 is 0 Å². The summed E-state index contributed by atoms with van der Waals surface area (Å²) in [6.07, 6.45) is 4.08. The van der Waals surface area contributed by atoms with E-state index in [1.807, 2.05) is 4.90 Å². The van der Waals surface area contributed by atoms with Gasteiger partial charge in [0.25, 0.3) is 0 Å². The van der Waals surface area contributed by atoms with Gasteiger partial charge in [0.2, 0.25) is 15.9 Å². The first-order chi connectivity index (χ1) is 9.96. The van der Waals surface area contributed by atoms with Crippen LogP contribution in [0.25, 0.3) is 0 Å². The molecule has 2 saturated heterocycles. The van der Waals surface area contributed by atoms with E-state index in [4.69, 9.17) is 0 Å². The van der Waals surface area contributed by atoms with Crippen LogP contribution in [0.3, 0.4) is 0 Å². The van der Waals surface area contributed by atoms with E-state index in [2.05, 4.69) is 14.9 Å². The molecule has 1 atom stereocenters. The van der Waals surface area contributed by atoms with Crippen LogP contribution in [-0.4, -0.2) is 82.2 Å². The highest BCUT2D eigenvalue weighted by Gasteiger charge is 2.28. The maximum Gasteiger partial charge on any atom is 0.237 e. The van der Waals surface area contributed by atoms with Crippen LogP contribution < -0.4 is 10.0 Å². The zero-order chi connectivity index (χ0) is 15.3. The molecule has 2 rings (SSSR count). The molecule has 2 aliphatic rings. The zero-order valence-corrected chi connectivity index (χ0v) is 13.5. The van der Waals surface area contributed by atoms with Crippen LogP contribution >= 0.6 is 0 Å². The first-order valence-corrected chi connectivity index (χ1v) is 9.52. The molecule has 2 fully saturated rings. The van der Waals surface area contributed by atoms with Crippen molar-refractivity contribution in [3.63, 3.8) is 0 Å². The fraction of sp³-hybridized carbons (Fsp3) is 0.923. The number of carbonyl (C=O) groups is 1. The van der Waals surface area contributed by atoms with Crippen molar-refractivity contribution >= 4 is 15.9 Å². The Bertz CT molecular complexity index is 448. The molecule has 0 bridgehead atoms. The summed E-state index contributed by atoms with van der Waals surface area (Å²) < 4.78 is 25.0. The summed E-state index contributed by atoms with van der Waals surface area (Å²) in [5.74, 6) is 0.122. The Balaban J connectivity index is 1.88. The van der Waals surface area contributed by atoms with E-state index >= 15 is 0 Å². The lowest BCUT2D eigenvalue weighted by Gasteiger charge is -2.37. The summed E-state index contributed by atoms with van der Waals surface area (Å²) in [6, 6.07) is -0.0103. The Labute approximate surface area is 127 Å². The van der Waals surface area contributed by atoms with Gasteiger partial charge < -0.3 is 10.2 Å². The van der Waals surface area contributed by atoms with Gasteiger partial charge in [0.05, 0.1) is 12.8 Å². The summed E-state index contributed by atoms with van der Waals surface area (Å²) in [5, 5.41) is 3.27. The lowest BCUT2D eigenvalue weighted by Crippen LogP contribution is -2.54. The van der Waals surface area contributed by atoms with Crippen LogP contribution in [-0.2, 0) is 14.8 Å². The summed E-state index contributed by atoms with van der Waals surface area (Å²) in [6.45, 7) is 5.14. The van der Waals surface area contributed by atoms with Gasteiger partial charge in [-0.3, -0.25) is 9.69 Å². The van der Waals surface area contributed by atoms with E-state index in [1.165, 1.54) is 0 Å². The second-order valence-corrected chi connectivity index (χ2v) is 7.72. The number of amides is 1. The topological polar surface area (TPSA) is 81.8 Å². The number of nitrogens with zero attached hydrogens (tertiary/aromatic N) is 2. The smallest absolute Gasteiger partial charge is 0.237 e. The molecule has 1 amide bonds. The molecule has 0 saturated carbocycles. The maximum absolute atomic E-state index is 12.5. The number of likely N-dealkylation sites (tertiary alicyclic amines) is 1. The summed E-state index contributed by atoms with van der Waals surface area (Å²) in [5.41, 5.74) is 0. The van der Waals surface area contributed by atoms with Crippen molar-refractivity contribution in [2.45, 2.75) is 25.3 Å². The Hall–Kier alpha value is -0.700. The minimum atomic E-state index is -3.21. The molecule has 2 heterocycles. The van der Waals surface area contributed by atoms with E-state index in [1.54, 1.807) is 0 Å². The van der Waals surface area contributed by atoms with Crippen molar-refractivity contribution < 1.29 is 13.2 Å². The van der Waals surface area contributed by atoms with Crippen molar-refractivity contribution in [3.8, 4) is 0 Å². The van der Waals surface area contributed by atoms with Crippen LogP contribution in [0.2, 0.25) is 0 Å². The normalized spacial score (nSPS) is 25.0. The summed E-state index contributed by atoms with van der Waals surface area (Å²) >= 11 is 0. The predicted molar refractivity (Wildman–Crippen MR) is 81.5 cm³/mol. The summed E-state index contributed by atoms with van der Waals surface area (Å²) in [4.78, 5) is 16.5. The van der Waals surface area contributed by atoms with Crippen LogP contribution in [0.1, 0.15) is 19.3 Å². The van der Waals surface area contributed by atoms with Gasteiger partial charge in [0.1, 0.15) is 0 Å². The highest BCUT2D eigenvalue weighted by atomic mass is 32.2. The average Bonchev–Trinajstić information content (AvgIpc) is 2.46. The van der Waals surface area contributed by atoms with E-state index in [9.17, 15) is 13.2 Å². The predicted octanol–water partition coefficient (Wildman–Crippen LogP) is -1.18. The van der Waals surface area contributed by atoms with Crippen molar-refractivity contribution in [1.82, 2.24) is 19.8 Å². The van der Waals surface area contributed by atoms with Gasteiger partial charge in [-0.2, -0.15) is 0 Å². The third kappa shape index (κ3) is 5.54. The number of sulfonamides is 1. The number of piperidine rings is 1. The molecule has 0 spiro atoms. The van der Waals surface area contributed by atoms with Crippen molar-refractivity contribution in [2.75, 3.05) is 52.1 Å². The molecular formula is C13H26N4O3S. The maximum atomic E-state index is 12.5. The minimum Gasteiger partial charge on any atom is -0.337 e. The standard InChI is InChI=1S/C13H26N4O3S/c1-21(19,20)15-10-12-4-2-3-7-17(12)13(18)11-16-8-5-14-6-9-16/h12,14-15H,2-11H2,1H3. The van der Waals surface area contributed by atoms with Crippen molar-refractivity contribution in [1.29, 1.82) is 0 Å². The number of piperazine rings is 1. The summed E-state index contributed by atoms with van der Waals surface area (Å²) in [7, 11) is -3.21. The van der Waals surface area contributed by atoms with E-state index in [0.29, 0.717) is 13.1 Å². The van der Waals surface area contributed by atoms with E-state index < -0.39 is 10.0 Å². The molecular weight excluding hydrogens is 292 g/mol. The number of hydrogen-bond acceptors (Lipinski definition) is 5. The van der Waals surface area contributed by atoms with Crippen LogP contribution in [0.4, 0.5) is 0 Å². The van der Waals surface area contributed by atoms with Gasteiger partial charge in [-0.15, -0.1) is 0 Å². The minimum absolute atomic E-state index is 0.0103. The lowest BCUT2D eigenvalue weighted by atomic mass is 10.0. The zero-order valence-electron chi connectivity index (χ0n) is 12.7. The Morgan fingerprint density at radius 1 is 1.24 bits per heavy atom. The monoisotopic (exact) mass is 318 g/mol. The second kappa shape index (κ2) is 7.53. The van der Waals surface area contributed by atoms with Gasteiger partial charge in [-0.25, -0.2) is 13.1 Å². The molecule has 0 aromatic rings. The van der Waals surface area contributed by atoms with Gasteiger partial charge in [0, 0.05) is 45.3 Å². The third-order valence-electron chi connectivity index (χ3n) is 4.10. The highest BCUT2D eigenvalue weighted by molar-refractivity contribution is 7.88. The molecule has 7 nitrogen and oxygen atoms in total. The van der Waals surface area contributed by atoms with Gasteiger partial charge in [-0.05, 0) is 19.3 Å². The second-order valence-electron chi connectivity index (χ2n) is 5.88. The molecule has 0 aliphatic carbocycles. The van der Waals surface area contributed by atoms with Crippen molar-refractivity contribution in [3.05, 3.63) is 0 Å². The molecule has 1 unspecified atom stereocenters. The van der Waals surface area contributed by atoms with Crippen LogP contribution in [0.5, 0.6) is 0 Å². The molecule has 2 N–H and O–H groups in total. The first kappa shape index (κ1) is 16.7. The number of carbonyl (C=O) groups excluding carboxylic acids is 1. The fourth-order valence-corrected chi connectivity index (χ4v) is 3.44. The molecule has 2 aliphatic heterocycles. The quantitative estimate of drug-likeness (QED) is 0.667. The average molecular weight is 318 g/mol. The molecule has 21 heavy (non-hydrogen) atoms. The highest BCUT2D eigenvalue weighted by Crippen LogP contribution is 2.17. The first-order valence-electron chi connectivity index (χ1n) is 7.63. The number of nitrogens with one attached hydrogen (secondary N) is 2. The van der Waals surface area contributed by atoms with Gasteiger partial charge in [0.15, 0.2) is 0 Å². The lowest BCUT2D eigenvalue weighted by molar-refractivity contribution is -0.136. The van der Waals surface area contributed by atoms with Crippen LogP contribution in [0.15, 0.2) is 0 Å². The third-order valence-corrected chi connectivity index (χ3v) is 4.79. The van der Waals surface area contributed by atoms with Gasteiger partial charge in [-0.1, -0.05) is 0 Å². The Kier molecular flexibility index (Phi) is 5.98. The van der Waals surface area contributed by atoms with Crippen LogP contribution in [0, 0.1) is 0 Å². The van der Waals surface area contributed by atoms with Crippen molar-refractivity contribution in [2.24, 2.45) is 0 Å². The Morgan fingerprint density at radius 2 is 1.95 bits per heavy atom. The Morgan fingerprint density at radius 3 is 2.62 bits per heavy atom. The molecule has 122 valence electrons. The SMILES string of the molecule is CS(=O)(=O)NCC1CCCCN1C(=O)CN1CCNCC1. The largest absolute Gasteiger partial charge is 0.337 e. The van der Waals surface area contributed by atoms with E-state index in [0.717, 1.165) is 58.2 Å². The van der Waals surface area contributed by atoms with E-state index in [-0.39, 0.29) is 11.9 Å². The molecule has 0 radical (unpaired) electrons. The molecule has 0 aromatic carbocycles. The molecule has 0 aromatic heterocycles. The number of hydrogen-bond donors (Lipinski definition) is 2. The molecule has 8 heteroatoms.